The number of hydrogen-bond donors (Lipinski definition) is 1. The van der Waals surface area contributed by atoms with Gasteiger partial charge in [0, 0.05) is 10.8 Å². The van der Waals surface area contributed by atoms with Crippen LogP contribution in [0.1, 0.15) is 6.92 Å². The van der Waals surface area contributed by atoms with Gasteiger partial charge in [0.05, 0.1) is 13.3 Å². The molecule has 6 heteroatoms. The third-order valence-corrected chi connectivity index (χ3v) is 2.38. The van der Waals surface area contributed by atoms with Gasteiger partial charge in [-0.1, -0.05) is 24.3 Å². The van der Waals surface area contributed by atoms with Crippen LogP contribution in [0, 0.1) is 0 Å². The number of hydrazone groups is 1. The average molecular weight is 244 g/mol. The van der Waals surface area contributed by atoms with Crippen molar-refractivity contribution in [1.29, 1.82) is 0 Å². The Morgan fingerprint density at radius 2 is 2.17 bits per heavy atom. The van der Waals surface area contributed by atoms with Crippen molar-refractivity contribution in [3.05, 3.63) is 30.5 Å². The number of hydrogen-bond acceptors (Lipinski definition) is 6. The number of esters is 1. The number of fused-ring (bicyclic) bond motifs is 1. The molecule has 0 amide bonds. The van der Waals surface area contributed by atoms with Crippen molar-refractivity contribution >= 4 is 28.3 Å². The lowest BCUT2D eigenvalue weighted by Gasteiger charge is -2.04. The van der Waals surface area contributed by atoms with Crippen molar-refractivity contribution in [3.8, 4) is 0 Å². The van der Waals surface area contributed by atoms with Gasteiger partial charge in [0.2, 0.25) is 0 Å². The van der Waals surface area contributed by atoms with Gasteiger partial charge >= 0.3 is 5.97 Å². The van der Waals surface area contributed by atoms with E-state index in [1.54, 1.807) is 13.1 Å². The highest BCUT2D eigenvalue weighted by molar-refractivity contribution is 6.35. The highest BCUT2D eigenvalue weighted by Gasteiger charge is 2.06. The fraction of sp³-hybridized carbons (Fsp3) is 0.167. The zero-order chi connectivity index (χ0) is 13.0. The standard InChI is InChI=1S/C12H12N4O2/c1-8(12(17)18-2)14-16-11-10-6-4-3-5-9(10)7-13-15-11/h3-7H,1-2H3,(H,15,16)/b14-8+. The summed E-state index contributed by atoms with van der Waals surface area (Å²) in [5.74, 6) is 0.00653. The second-order valence-electron chi connectivity index (χ2n) is 3.58. The molecule has 0 aliphatic heterocycles. The molecule has 1 aromatic carbocycles. The number of carbonyl (C=O) groups is 1. The van der Waals surface area contributed by atoms with E-state index in [1.807, 2.05) is 24.3 Å². The molecule has 0 atom stereocenters. The summed E-state index contributed by atoms with van der Waals surface area (Å²) in [6.07, 6.45) is 1.66. The van der Waals surface area contributed by atoms with Gasteiger partial charge in [-0.25, -0.2) is 4.79 Å². The van der Waals surface area contributed by atoms with Crippen LogP contribution in [0.5, 0.6) is 0 Å². The highest BCUT2D eigenvalue weighted by Crippen LogP contribution is 2.18. The number of benzene rings is 1. The maximum atomic E-state index is 11.2. The summed E-state index contributed by atoms with van der Waals surface area (Å²) in [5.41, 5.74) is 2.93. The van der Waals surface area contributed by atoms with E-state index in [-0.39, 0.29) is 5.71 Å². The van der Waals surface area contributed by atoms with Gasteiger partial charge in [0.25, 0.3) is 0 Å². The summed E-state index contributed by atoms with van der Waals surface area (Å²) in [4.78, 5) is 11.2. The van der Waals surface area contributed by atoms with E-state index in [1.165, 1.54) is 7.11 Å². The molecule has 1 aromatic heterocycles. The Bertz CT molecular complexity index is 605. The first-order valence-electron chi connectivity index (χ1n) is 5.31. The van der Waals surface area contributed by atoms with E-state index >= 15 is 0 Å². The summed E-state index contributed by atoms with van der Waals surface area (Å²) >= 11 is 0. The molecule has 0 spiro atoms. The molecule has 2 aromatic rings. The molecule has 0 aliphatic rings. The molecule has 0 radical (unpaired) electrons. The summed E-state index contributed by atoms with van der Waals surface area (Å²) in [7, 11) is 1.30. The van der Waals surface area contributed by atoms with Crippen molar-refractivity contribution in [1.82, 2.24) is 10.2 Å². The van der Waals surface area contributed by atoms with Crippen molar-refractivity contribution in [3.63, 3.8) is 0 Å². The minimum atomic E-state index is -0.490. The van der Waals surface area contributed by atoms with Crippen molar-refractivity contribution in [2.75, 3.05) is 12.5 Å². The number of carbonyl (C=O) groups excluding carboxylic acids is 1. The largest absolute Gasteiger partial charge is 0.464 e. The molecular weight excluding hydrogens is 232 g/mol. The fourth-order valence-electron chi connectivity index (χ4n) is 1.44. The van der Waals surface area contributed by atoms with E-state index in [9.17, 15) is 4.79 Å². The van der Waals surface area contributed by atoms with Crippen LogP contribution in [0.15, 0.2) is 35.6 Å². The van der Waals surface area contributed by atoms with Gasteiger partial charge in [-0.3, -0.25) is 5.43 Å². The van der Waals surface area contributed by atoms with E-state index in [0.29, 0.717) is 5.82 Å². The summed E-state index contributed by atoms with van der Waals surface area (Å²) in [5, 5.41) is 13.5. The molecule has 1 heterocycles. The SMILES string of the molecule is COC(=O)/C(C)=N/Nc1nncc2ccccc12. The Kier molecular flexibility index (Phi) is 3.47. The molecule has 0 saturated carbocycles. The first kappa shape index (κ1) is 12.0. The summed E-state index contributed by atoms with van der Waals surface area (Å²) in [6.45, 7) is 1.55. The van der Waals surface area contributed by atoms with E-state index in [4.69, 9.17) is 0 Å². The second kappa shape index (κ2) is 5.22. The molecular formula is C12H12N4O2. The Labute approximate surface area is 104 Å². The maximum absolute atomic E-state index is 11.2. The van der Waals surface area contributed by atoms with Crippen molar-refractivity contribution in [2.45, 2.75) is 6.92 Å². The van der Waals surface area contributed by atoms with Gasteiger partial charge in [-0.15, -0.1) is 5.10 Å². The number of nitrogens with one attached hydrogen (secondary N) is 1. The zero-order valence-electron chi connectivity index (χ0n) is 10.0. The molecule has 0 saturated heterocycles. The zero-order valence-corrected chi connectivity index (χ0v) is 10.0. The van der Waals surface area contributed by atoms with Gasteiger partial charge in [-0.05, 0) is 6.92 Å². The summed E-state index contributed by atoms with van der Waals surface area (Å²) in [6, 6.07) is 7.63. The van der Waals surface area contributed by atoms with Gasteiger partial charge in [0.15, 0.2) is 5.82 Å². The quantitative estimate of drug-likeness (QED) is 0.504. The van der Waals surface area contributed by atoms with Crippen LogP contribution in [0.3, 0.4) is 0 Å². The lowest BCUT2D eigenvalue weighted by Crippen LogP contribution is -2.13. The van der Waals surface area contributed by atoms with Crippen LogP contribution in [0.4, 0.5) is 5.82 Å². The summed E-state index contributed by atoms with van der Waals surface area (Å²) < 4.78 is 4.54. The first-order chi connectivity index (χ1) is 8.72. The molecule has 0 unspecified atom stereocenters. The Morgan fingerprint density at radius 3 is 2.94 bits per heavy atom. The number of ether oxygens (including phenoxy) is 1. The van der Waals surface area contributed by atoms with Crippen LogP contribution < -0.4 is 5.43 Å². The van der Waals surface area contributed by atoms with Crippen LogP contribution in [-0.2, 0) is 9.53 Å². The molecule has 0 fully saturated rings. The molecule has 0 aliphatic carbocycles. The minimum absolute atomic E-state index is 0.215. The predicted molar refractivity (Wildman–Crippen MR) is 68.3 cm³/mol. The lowest BCUT2D eigenvalue weighted by atomic mass is 10.2. The third kappa shape index (κ3) is 2.42. The fourth-order valence-corrected chi connectivity index (χ4v) is 1.44. The number of methoxy groups -OCH3 is 1. The van der Waals surface area contributed by atoms with Gasteiger partial charge < -0.3 is 4.74 Å². The Balaban J connectivity index is 2.30. The Hall–Kier alpha value is -2.50. The van der Waals surface area contributed by atoms with Crippen LogP contribution in [0.2, 0.25) is 0 Å². The van der Waals surface area contributed by atoms with Crippen molar-refractivity contribution in [2.24, 2.45) is 5.10 Å². The lowest BCUT2D eigenvalue weighted by molar-refractivity contribution is -0.132. The van der Waals surface area contributed by atoms with Crippen LogP contribution in [0.25, 0.3) is 10.8 Å². The number of nitrogens with zero attached hydrogens (tertiary/aromatic N) is 3. The number of anilines is 1. The molecule has 92 valence electrons. The number of aromatic nitrogens is 2. The van der Waals surface area contributed by atoms with Crippen LogP contribution >= 0.6 is 0 Å². The van der Waals surface area contributed by atoms with Crippen molar-refractivity contribution < 1.29 is 9.53 Å². The predicted octanol–water partition coefficient (Wildman–Crippen LogP) is 1.59. The average Bonchev–Trinajstić information content (AvgIpc) is 2.43. The smallest absolute Gasteiger partial charge is 0.353 e. The molecule has 1 N–H and O–H groups in total. The Morgan fingerprint density at radius 1 is 1.39 bits per heavy atom. The normalized spacial score (nSPS) is 11.3. The van der Waals surface area contributed by atoms with E-state index in [2.05, 4.69) is 25.5 Å². The highest BCUT2D eigenvalue weighted by atomic mass is 16.5. The molecule has 0 bridgehead atoms. The second-order valence-corrected chi connectivity index (χ2v) is 3.58. The number of rotatable bonds is 3. The monoisotopic (exact) mass is 244 g/mol. The van der Waals surface area contributed by atoms with Crippen LogP contribution in [-0.4, -0.2) is 29.0 Å². The van der Waals surface area contributed by atoms with E-state index < -0.39 is 5.97 Å². The first-order valence-corrected chi connectivity index (χ1v) is 5.31. The van der Waals surface area contributed by atoms with Gasteiger partial charge in [0.1, 0.15) is 5.71 Å². The minimum Gasteiger partial charge on any atom is -0.464 e. The molecule has 6 nitrogen and oxygen atoms in total. The molecule has 2 rings (SSSR count). The van der Waals surface area contributed by atoms with E-state index in [0.717, 1.165) is 10.8 Å². The topological polar surface area (TPSA) is 76.5 Å². The molecule has 18 heavy (non-hydrogen) atoms. The van der Waals surface area contributed by atoms with Gasteiger partial charge in [-0.2, -0.15) is 10.2 Å². The maximum Gasteiger partial charge on any atom is 0.353 e. The third-order valence-electron chi connectivity index (χ3n) is 2.38.